The molecule has 0 saturated heterocycles. The number of unbranched alkanes of at least 4 members (excludes halogenated alkanes) is 4. The SMILES string of the molecule is CCCCCc1ccc(/C=C/c2cc3sc(/C=C/c4ccc(CCCCC)cc4)cc3s2)cc1. The number of hydrogen-bond acceptors (Lipinski definition) is 2. The predicted molar refractivity (Wildman–Crippen MR) is 157 cm³/mol. The van der Waals surface area contributed by atoms with Crippen LogP contribution in [0.2, 0.25) is 0 Å². The zero-order chi connectivity index (χ0) is 23.6. The average molecular weight is 485 g/mol. The fourth-order valence-corrected chi connectivity index (χ4v) is 6.37. The molecule has 0 nitrogen and oxygen atoms in total. The standard InChI is InChI=1S/C32H36S2/c1-3-5-7-9-25-11-15-27(16-12-25)19-21-29-23-31-32(33-29)24-30(34-31)22-20-28-17-13-26(14-18-28)10-8-6-4-2/h11-24H,3-10H2,1-2H3/b21-19+,22-20+. The quantitative estimate of drug-likeness (QED) is 0.175. The summed E-state index contributed by atoms with van der Waals surface area (Å²) in [4.78, 5) is 2.64. The maximum Gasteiger partial charge on any atom is 0.0463 e. The third kappa shape index (κ3) is 7.29. The minimum atomic E-state index is 1.19. The molecule has 4 aromatic rings. The van der Waals surface area contributed by atoms with Crippen molar-refractivity contribution in [2.75, 3.05) is 0 Å². The Hall–Kier alpha value is -2.42. The summed E-state index contributed by atoms with van der Waals surface area (Å²) in [5.41, 5.74) is 5.45. The fraction of sp³-hybridized carbons (Fsp3) is 0.312. The number of fused-ring (bicyclic) bond motifs is 1. The molecule has 0 bridgehead atoms. The highest BCUT2D eigenvalue weighted by molar-refractivity contribution is 7.28. The molecular formula is C32H36S2. The second-order valence-electron chi connectivity index (χ2n) is 9.09. The molecule has 2 aromatic carbocycles. The van der Waals surface area contributed by atoms with E-state index in [2.05, 4.69) is 98.8 Å². The van der Waals surface area contributed by atoms with Crippen molar-refractivity contribution in [3.8, 4) is 0 Å². The molecule has 0 amide bonds. The van der Waals surface area contributed by atoms with Gasteiger partial charge in [0.25, 0.3) is 0 Å². The summed E-state index contributed by atoms with van der Waals surface area (Å²) in [7, 11) is 0. The van der Waals surface area contributed by atoms with Crippen LogP contribution in [0.5, 0.6) is 0 Å². The fourth-order valence-electron chi connectivity index (χ4n) is 4.14. The molecule has 0 spiro atoms. The van der Waals surface area contributed by atoms with E-state index in [9.17, 15) is 0 Å². The Bertz CT molecular complexity index is 1080. The van der Waals surface area contributed by atoms with Crippen molar-refractivity contribution in [2.24, 2.45) is 0 Å². The second kappa shape index (κ2) is 12.9. The van der Waals surface area contributed by atoms with E-state index in [0.717, 1.165) is 0 Å². The maximum atomic E-state index is 2.32. The van der Waals surface area contributed by atoms with Gasteiger partial charge in [0.2, 0.25) is 0 Å². The Kier molecular flexibility index (Phi) is 9.35. The summed E-state index contributed by atoms with van der Waals surface area (Å²) in [6.45, 7) is 4.52. The van der Waals surface area contributed by atoms with Crippen LogP contribution in [0.25, 0.3) is 33.7 Å². The Labute approximate surface area is 213 Å². The Morgan fingerprint density at radius 2 is 0.941 bits per heavy atom. The van der Waals surface area contributed by atoms with Crippen molar-refractivity contribution in [3.05, 3.63) is 92.7 Å². The van der Waals surface area contributed by atoms with Gasteiger partial charge < -0.3 is 0 Å². The van der Waals surface area contributed by atoms with E-state index in [4.69, 9.17) is 0 Å². The van der Waals surface area contributed by atoms with Gasteiger partial charge in [-0.3, -0.25) is 0 Å². The summed E-state index contributed by atoms with van der Waals surface area (Å²) in [5, 5.41) is 0. The van der Waals surface area contributed by atoms with Crippen LogP contribution in [-0.2, 0) is 12.8 Å². The van der Waals surface area contributed by atoms with Crippen LogP contribution >= 0.6 is 22.7 Å². The monoisotopic (exact) mass is 484 g/mol. The molecule has 0 unspecified atom stereocenters. The van der Waals surface area contributed by atoms with Crippen LogP contribution in [0.3, 0.4) is 0 Å². The second-order valence-corrected chi connectivity index (χ2v) is 11.3. The zero-order valence-electron chi connectivity index (χ0n) is 20.6. The van der Waals surface area contributed by atoms with Gasteiger partial charge in [-0.1, -0.05) is 100 Å². The minimum absolute atomic E-state index is 1.19. The number of aryl methyl sites for hydroxylation is 2. The largest absolute Gasteiger partial charge is 0.135 e. The summed E-state index contributed by atoms with van der Waals surface area (Å²) in [5.74, 6) is 0. The molecule has 0 aliphatic rings. The smallest absolute Gasteiger partial charge is 0.0463 e. The first-order valence-electron chi connectivity index (χ1n) is 12.8. The van der Waals surface area contributed by atoms with Gasteiger partial charge in [0.15, 0.2) is 0 Å². The van der Waals surface area contributed by atoms with Crippen LogP contribution in [0.15, 0.2) is 60.7 Å². The van der Waals surface area contributed by atoms with Gasteiger partial charge in [0, 0.05) is 19.2 Å². The predicted octanol–water partition coefficient (Wildman–Crippen LogP) is 10.8. The lowest BCUT2D eigenvalue weighted by Crippen LogP contribution is -1.85. The van der Waals surface area contributed by atoms with Gasteiger partial charge >= 0.3 is 0 Å². The molecule has 0 aliphatic heterocycles. The third-order valence-electron chi connectivity index (χ3n) is 6.22. The van der Waals surface area contributed by atoms with Gasteiger partial charge in [-0.25, -0.2) is 0 Å². The molecule has 4 rings (SSSR count). The van der Waals surface area contributed by atoms with Crippen LogP contribution in [0, 0.1) is 0 Å². The van der Waals surface area contributed by atoms with Gasteiger partial charge in [-0.2, -0.15) is 0 Å². The first-order valence-corrected chi connectivity index (χ1v) is 14.4. The van der Waals surface area contributed by atoms with Crippen molar-refractivity contribution in [3.63, 3.8) is 0 Å². The Morgan fingerprint density at radius 3 is 1.32 bits per heavy atom. The zero-order valence-corrected chi connectivity index (χ0v) is 22.2. The molecule has 2 heteroatoms. The lowest BCUT2D eigenvalue weighted by molar-refractivity contribution is 0.717. The van der Waals surface area contributed by atoms with Gasteiger partial charge in [0.1, 0.15) is 0 Å². The van der Waals surface area contributed by atoms with E-state index in [0.29, 0.717) is 0 Å². The maximum absolute atomic E-state index is 2.32. The molecular weight excluding hydrogens is 448 g/mol. The van der Waals surface area contributed by atoms with Gasteiger partial charge in [-0.15, -0.1) is 22.7 Å². The molecule has 0 saturated carbocycles. The van der Waals surface area contributed by atoms with E-state index in [1.165, 1.54) is 92.8 Å². The molecule has 2 aromatic heterocycles. The summed E-state index contributed by atoms with van der Waals surface area (Å²) in [6, 6.07) is 22.7. The van der Waals surface area contributed by atoms with Gasteiger partial charge in [-0.05, 0) is 72.2 Å². The molecule has 0 atom stereocenters. The first-order chi connectivity index (χ1) is 16.7. The first kappa shape index (κ1) is 24.7. The highest BCUT2D eigenvalue weighted by Crippen LogP contribution is 2.35. The third-order valence-corrected chi connectivity index (χ3v) is 8.45. The van der Waals surface area contributed by atoms with E-state index >= 15 is 0 Å². The van der Waals surface area contributed by atoms with Crippen LogP contribution < -0.4 is 0 Å². The molecule has 0 aliphatic carbocycles. The summed E-state index contributed by atoms with van der Waals surface area (Å²) in [6.07, 6.45) is 19.1. The Morgan fingerprint density at radius 1 is 0.529 bits per heavy atom. The van der Waals surface area contributed by atoms with E-state index < -0.39 is 0 Å². The topological polar surface area (TPSA) is 0 Å². The van der Waals surface area contributed by atoms with Crippen molar-refractivity contribution >= 4 is 56.4 Å². The molecule has 176 valence electrons. The van der Waals surface area contributed by atoms with Crippen molar-refractivity contribution in [1.82, 2.24) is 0 Å². The number of hydrogen-bond donors (Lipinski definition) is 0. The average Bonchev–Trinajstić information content (AvgIpc) is 3.42. The molecule has 0 N–H and O–H groups in total. The van der Waals surface area contributed by atoms with Crippen LogP contribution in [-0.4, -0.2) is 0 Å². The number of thiophene rings is 2. The highest BCUT2D eigenvalue weighted by atomic mass is 32.1. The van der Waals surface area contributed by atoms with Crippen LogP contribution in [0.4, 0.5) is 0 Å². The molecule has 34 heavy (non-hydrogen) atoms. The lowest BCUT2D eigenvalue weighted by atomic mass is 10.1. The summed E-state index contributed by atoms with van der Waals surface area (Å²) < 4.78 is 2.75. The number of rotatable bonds is 12. The van der Waals surface area contributed by atoms with Crippen molar-refractivity contribution in [1.29, 1.82) is 0 Å². The van der Waals surface area contributed by atoms with Crippen molar-refractivity contribution < 1.29 is 0 Å². The Balaban J connectivity index is 1.33. The van der Waals surface area contributed by atoms with E-state index in [-0.39, 0.29) is 0 Å². The molecule has 0 fully saturated rings. The highest BCUT2D eigenvalue weighted by Gasteiger charge is 2.04. The van der Waals surface area contributed by atoms with E-state index in [1.54, 1.807) is 0 Å². The molecule has 0 radical (unpaired) electrons. The molecule has 2 heterocycles. The van der Waals surface area contributed by atoms with Crippen molar-refractivity contribution in [2.45, 2.75) is 65.2 Å². The lowest BCUT2D eigenvalue weighted by Gasteiger charge is -2.01. The number of benzene rings is 2. The van der Waals surface area contributed by atoms with E-state index in [1.807, 2.05) is 22.7 Å². The summed E-state index contributed by atoms with van der Waals surface area (Å²) >= 11 is 3.75. The normalized spacial score (nSPS) is 11.9. The van der Waals surface area contributed by atoms with Gasteiger partial charge in [0.05, 0.1) is 0 Å². The van der Waals surface area contributed by atoms with Crippen LogP contribution in [0.1, 0.15) is 84.4 Å². The minimum Gasteiger partial charge on any atom is -0.135 e.